The van der Waals surface area contributed by atoms with E-state index in [-0.39, 0.29) is 0 Å². The molecule has 1 N–H and O–H groups in total. The highest BCUT2D eigenvalue weighted by Crippen LogP contribution is 2.22. The Bertz CT molecular complexity index is 364. The molecule has 1 saturated heterocycles. The van der Waals surface area contributed by atoms with Gasteiger partial charge in [0.15, 0.2) is 0 Å². The van der Waals surface area contributed by atoms with Gasteiger partial charge in [-0.3, -0.25) is 0 Å². The smallest absolute Gasteiger partial charge is 0.130 e. The zero-order chi connectivity index (χ0) is 12.1. The highest BCUT2D eigenvalue weighted by atomic mass is 32.2. The largest absolute Gasteiger partial charge is 0.312 e. The fourth-order valence-corrected chi connectivity index (χ4v) is 3.23. The second-order valence-electron chi connectivity index (χ2n) is 4.42. The number of hydrogen-bond donors (Lipinski definition) is 1. The van der Waals surface area contributed by atoms with E-state index in [1.54, 1.807) is 0 Å². The Morgan fingerprint density at radius 2 is 2.00 bits per heavy atom. The van der Waals surface area contributed by atoms with Gasteiger partial charge in [-0.15, -0.1) is 0 Å². The van der Waals surface area contributed by atoms with Crippen LogP contribution < -0.4 is 5.32 Å². The first-order chi connectivity index (χ1) is 8.25. The molecule has 0 radical (unpaired) electrons. The summed E-state index contributed by atoms with van der Waals surface area (Å²) in [5, 5.41) is 3.26. The van der Waals surface area contributed by atoms with E-state index in [0.29, 0.717) is 18.0 Å². The monoisotopic (exact) mass is 257 g/mol. The standard InChI is InChI=1S/C13H17F2NS/c14-12-2-1-11(13(15)7-12)9-16-8-10-3-5-17-6-4-10/h1-2,7,10,16H,3-6,8-9H2. The first-order valence-electron chi connectivity index (χ1n) is 5.98. The summed E-state index contributed by atoms with van der Waals surface area (Å²) < 4.78 is 26.0. The van der Waals surface area contributed by atoms with Crippen molar-refractivity contribution in [1.29, 1.82) is 0 Å². The number of nitrogens with one attached hydrogen (secondary N) is 1. The van der Waals surface area contributed by atoms with Crippen LogP contribution in [0.25, 0.3) is 0 Å². The fraction of sp³-hybridized carbons (Fsp3) is 0.538. The van der Waals surface area contributed by atoms with Crippen LogP contribution in [0, 0.1) is 17.6 Å². The van der Waals surface area contributed by atoms with E-state index in [2.05, 4.69) is 5.32 Å². The molecule has 0 amide bonds. The topological polar surface area (TPSA) is 12.0 Å². The Morgan fingerprint density at radius 1 is 1.24 bits per heavy atom. The summed E-state index contributed by atoms with van der Waals surface area (Å²) in [4.78, 5) is 0. The summed E-state index contributed by atoms with van der Waals surface area (Å²) in [5.74, 6) is 2.20. The van der Waals surface area contributed by atoms with Crippen LogP contribution in [0.15, 0.2) is 18.2 Å². The highest BCUT2D eigenvalue weighted by molar-refractivity contribution is 7.99. The van der Waals surface area contributed by atoms with Gasteiger partial charge in [0.1, 0.15) is 11.6 Å². The Balaban J connectivity index is 1.77. The number of thioether (sulfide) groups is 1. The van der Waals surface area contributed by atoms with E-state index >= 15 is 0 Å². The fourth-order valence-electron chi connectivity index (χ4n) is 2.03. The molecule has 4 heteroatoms. The van der Waals surface area contributed by atoms with Crippen molar-refractivity contribution in [1.82, 2.24) is 5.32 Å². The van der Waals surface area contributed by atoms with Gasteiger partial charge in [-0.05, 0) is 42.9 Å². The van der Waals surface area contributed by atoms with Crippen LogP contribution in [-0.4, -0.2) is 18.1 Å². The van der Waals surface area contributed by atoms with Crippen molar-refractivity contribution in [3.05, 3.63) is 35.4 Å². The predicted octanol–water partition coefficient (Wildman–Crippen LogP) is 3.20. The van der Waals surface area contributed by atoms with Gasteiger partial charge < -0.3 is 5.32 Å². The van der Waals surface area contributed by atoms with E-state index in [1.165, 1.54) is 36.5 Å². The summed E-state index contributed by atoms with van der Waals surface area (Å²) in [6.45, 7) is 1.41. The highest BCUT2D eigenvalue weighted by Gasteiger charge is 2.13. The molecule has 17 heavy (non-hydrogen) atoms. The van der Waals surface area contributed by atoms with Gasteiger partial charge in [0.2, 0.25) is 0 Å². The maximum Gasteiger partial charge on any atom is 0.130 e. The minimum atomic E-state index is -0.518. The second-order valence-corrected chi connectivity index (χ2v) is 5.65. The van der Waals surface area contributed by atoms with Crippen molar-refractivity contribution >= 4 is 11.8 Å². The average Bonchev–Trinajstić information content (AvgIpc) is 2.33. The minimum Gasteiger partial charge on any atom is -0.312 e. The molecule has 0 unspecified atom stereocenters. The van der Waals surface area contributed by atoms with Crippen LogP contribution in [0.3, 0.4) is 0 Å². The van der Waals surface area contributed by atoms with Gasteiger partial charge in [0.25, 0.3) is 0 Å². The third-order valence-electron chi connectivity index (χ3n) is 3.10. The molecular formula is C13H17F2NS. The predicted molar refractivity (Wildman–Crippen MR) is 68.1 cm³/mol. The molecule has 0 saturated carbocycles. The van der Waals surface area contributed by atoms with Crippen molar-refractivity contribution in [2.24, 2.45) is 5.92 Å². The summed E-state index contributed by atoms with van der Waals surface area (Å²) in [6, 6.07) is 3.75. The molecule has 1 aliphatic heterocycles. The van der Waals surface area contributed by atoms with E-state index in [4.69, 9.17) is 0 Å². The van der Waals surface area contributed by atoms with Crippen LogP contribution in [0.1, 0.15) is 18.4 Å². The molecule has 1 fully saturated rings. The zero-order valence-corrected chi connectivity index (χ0v) is 10.5. The molecule has 1 nitrogen and oxygen atoms in total. The molecule has 1 aliphatic rings. The van der Waals surface area contributed by atoms with E-state index in [9.17, 15) is 8.78 Å². The SMILES string of the molecule is Fc1ccc(CNCC2CCSCC2)c(F)c1. The van der Waals surface area contributed by atoms with Gasteiger partial charge in [-0.2, -0.15) is 11.8 Å². The van der Waals surface area contributed by atoms with Crippen LogP contribution >= 0.6 is 11.8 Å². The van der Waals surface area contributed by atoms with Crippen molar-refractivity contribution in [2.45, 2.75) is 19.4 Å². The van der Waals surface area contributed by atoms with Crippen LogP contribution in [0.2, 0.25) is 0 Å². The van der Waals surface area contributed by atoms with Gasteiger partial charge >= 0.3 is 0 Å². The van der Waals surface area contributed by atoms with Crippen LogP contribution in [0.5, 0.6) is 0 Å². The van der Waals surface area contributed by atoms with E-state index < -0.39 is 11.6 Å². The summed E-state index contributed by atoms with van der Waals surface area (Å²) in [5.41, 5.74) is 0.539. The molecule has 1 aromatic rings. The van der Waals surface area contributed by atoms with Crippen LogP contribution in [-0.2, 0) is 6.54 Å². The van der Waals surface area contributed by atoms with Gasteiger partial charge in [0.05, 0.1) is 0 Å². The molecule has 2 rings (SSSR count). The third-order valence-corrected chi connectivity index (χ3v) is 4.15. The molecule has 0 aromatic heterocycles. The molecule has 0 aliphatic carbocycles. The Hall–Kier alpha value is -0.610. The lowest BCUT2D eigenvalue weighted by atomic mass is 10.0. The quantitative estimate of drug-likeness (QED) is 0.889. The van der Waals surface area contributed by atoms with E-state index in [1.807, 2.05) is 11.8 Å². The second kappa shape index (κ2) is 6.36. The van der Waals surface area contributed by atoms with Gasteiger partial charge in [-0.1, -0.05) is 6.07 Å². The average molecular weight is 257 g/mol. The normalized spacial score (nSPS) is 17.3. The van der Waals surface area contributed by atoms with Crippen LogP contribution in [0.4, 0.5) is 8.78 Å². The molecule has 0 bridgehead atoms. The third kappa shape index (κ3) is 3.96. The summed E-state index contributed by atoms with van der Waals surface area (Å²) >= 11 is 2.00. The molecular weight excluding hydrogens is 240 g/mol. The van der Waals surface area contributed by atoms with Crippen molar-refractivity contribution < 1.29 is 8.78 Å². The molecule has 1 aromatic carbocycles. The van der Waals surface area contributed by atoms with Crippen molar-refractivity contribution in [3.63, 3.8) is 0 Å². The lowest BCUT2D eigenvalue weighted by Gasteiger charge is -2.21. The van der Waals surface area contributed by atoms with Crippen molar-refractivity contribution in [3.8, 4) is 0 Å². The summed E-state index contributed by atoms with van der Waals surface area (Å²) in [7, 11) is 0. The maximum atomic E-state index is 13.3. The maximum absolute atomic E-state index is 13.3. The van der Waals surface area contributed by atoms with Gasteiger partial charge in [-0.25, -0.2) is 8.78 Å². The number of halogens is 2. The molecule has 0 atom stereocenters. The molecule has 0 spiro atoms. The van der Waals surface area contributed by atoms with E-state index in [0.717, 1.165) is 12.6 Å². The molecule has 94 valence electrons. The minimum absolute atomic E-state index is 0.461. The Morgan fingerprint density at radius 3 is 2.71 bits per heavy atom. The summed E-state index contributed by atoms with van der Waals surface area (Å²) in [6.07, 6.45) is 2.48. The number of benzene rings is 1. The first kappa shape index (κ1) is 12.8. The lowest BCUT2D eigenvalue weighted by molar-refractivity contribution is 0.443. The zero-order valence-electron chi connectivity index (χ0n) is 9.72. The Labute approximate surface area is 105 Å². The first-order valence-corrected chi connectivity index (χ1v) is 7.13. The molecule has 1 heterocycles. The van der Waals surface area contributed by atoms with Crippen molar-refractivity contribution in [2.75, 3.05) is 18.1 Å². The lowest BCUT2D eigenvalue weighted by Crippen LogP contribution is -2.25. The number of rotatable bonds is 4. The number of hydrogen-bond acceptors (Lipinski definition) is 2. The Kier molecular flexibility index (Phi) is 4.80. The van der Waals surface area contributed by atoms with Gasteiger partial charge in [0, 0.05) is 18.2 Å².